The Kier molecular flexibility index (Phi) is 9.60. The van der Waals surface area contributed by atoms with Crippen LogP contribution in [0.15, 0.2) is 36.4 Å². The summed E-state index contributed by atoms with van der Waals surface area (Å²) in [6.07, 6.45) is 1.98. The Morgan fingerprint density at radius 1 is 1.10 bits per heavy atom. The monoisotopic (exact) mass is 582 g/mol. The van der Waals surface area contributed by atoms with Crippen molar-refractivity contribution in [1.29, 1.82) is 0 Å². The highest BCUT2D eigenvalue weighted by atomic mass is 19.1. The molecule has 0 unspecified atom stereocenters. The summed E-state index contributed by atoms with van der Waals surface area (Å²) in [5.74, 6) is 1.53. The molecule has 0 fully saturated rings. The van der Waals surface area contributed by atoms with Gasteiger partial charge in [0.15, 0.2) is 17.5 Å². The lowest BCUT2D eigenvalue weighted by Crippen LogP contribution is -2.43. The zero-order chi connectivity index (χ0) is 30.4. The number of pyridine rings is 1. The molecule has 2 aromatic carbocycles. The maximum atomic E-state index is 14.6. The van der Waals surface area contributed by atoms with Crippen LogP contribution < -0.4 is 27.6 Å². The Morgan fingerprint density at radius 2 is 1.81 bits per heavy atom. The third kappa shape index (κ3) is 6.61. The van der Waals surface area contributed by atoms with E-state index in [1.165, 1.54) is 6.92 Å². The summed E-state index contributed by atoms with van der Waals surface area (Å²) in [5.41, 5.74) is 7.56. The molecular weight excluding hydrogens is 550 g/mol. The summed E-state index contributed by atoms with van der Waals surface area (Å²) < 4.78 is 31.4. The van der Waals surface area contributed by atoms with Gasteiger partial charge >= 0.3 is 0 Å². The Balaban J connectivity index is 1.35. The lowest BCUT2D eigenvalue weighted by molar-refractivity contribution is -0.129. The average Bonchev–Trinajstić information content (AvgIpc) is 3.34. The van der Waals surface area contributed by atoms with Gasteiger partial charge in [0.05, 0.1) is 11.0 Å². The Hall–Kier alpha value is -4.69. The normalized spacial score (nSPS) is 11.9. The van der Waals surface area contributed by atoms with E-state index in [4.69, 9.17) is 16.6 Å². The summed E-state index contributed by atoms with van der Waals surface area (Å²) in [5, 5.41) is 7.95. The van der Waals surface area contributed by atoms with E-state index in [2.05, 4.69) is 30.3 Å². The minimum atomic E-state index is -1.14. The predicted molar refractivity (Wildman–Crippen MR) is 153 cm³/mol. The SMILES string of the molecule is CCc1nc2c(N)nc3ccccc3c2n1CCCCNC(=O)c1cc(F)c(NC(=O)[C@H](C)NC(=O)CON)c(F)c1. The minimum Gasteiger partial charge on any atom is -0.382 e. The van der Waals surface area contributed by atoms with Crippen LogP contribution in [-0.2, 0) is 27.4 Å². The van der Waals surface area contributed by atoms with Gasteiger partial charge in [-0.1, -0.05) is 25.1 Å². The first-order chi connectivity index (χ1) is 20.1. The van der Waals surface area contributed by atoms with Gasteiger partial charge in [-0.05, 0) is 38.0 Å². The summed E-state index contributed by atoms with van der Waals surface area (Å²) >= 11 is 0. The topological polar surface area (TPSA) is 179 Å². The highest BCUT2D eigenvalue weighted by molar-refractivity contribution is 6.06. The number of fused-ring (bicyclic) bond motifs is 3. The molecule has 0 spiro atoms. The van der Waals surface area contributed by atoms with E-state index >= 15 is 0 Å². The highest BCUT2D eigenvalue weighted by Crippen LogP contribution is 2.29. The number of nitrogens with zero attached hydrogens (tertiary/aromatic N) is 3. The molecule has 0 saturated heterocycles. The largest absolute Gasteiger partial charge is 0.382 e. The Bertz CT molecular complexity index is 1620. The van der Waals surface area contributed by atoms with E-state index in [1.54, 1.807) is 0 Å². The molecule has 7 N–H and O–H groups in total. The number of carbonyl (C=O) groups excluding carboxylic acids is 3. The number of nitrogens with one attached hydrogen (secondary N) is 3. The van der Waals surface area contributed by atoms with Gasteiger partial charge in [-0.2, -0.15) is 0 Å². The van der Waals surface area contributed by atoms with Crippen LogP contribution in [0.1, 0.15) is 42.9 Å². The van der Waals surface area contributed by atoms with Crippen LogP contribution in [0.4, 0.5) is 20.3 Å². The molecule has 0 bridgehead atoms. The number of aryl methyl sites for hydroxylation is 2. The van der Waals surface area contributed by atoms with E-state index in [9.17, 15) is 23.2 Å². The molecule has 4 rings (SSSR count). The van der Waals surface area contributed by atoms with Crippen molar-refractivity contribution in [3.63, 3.8) is 0 Å². The molecule has 0 aliphatic carbocycles. The van der Waals surface area contributed by atoms with Crippen LogP contribution in [0.3, 0.4) is 0 Å². The first-order valence-electron chi connectivity index (χ1n) is 13.4. The van der Waals surface area contributed by atoms with Gasteiger partial charge in [0.25, 0.3) is 5.91 Å². The fraction of sp³-hybridized carbons (Fsp3) is 0.321. The van der Waals surface area contributed by atoms with Crippen molar-refractivity contribution in [2.75, 3.05) is 24.2 Å². The van der Waals surface area contributed by atoms with Crippen LogP contribution in [-0.4, -0.2) is 51.5 Å². The van der Waals surface area contributed by atoms with Crippen LogP contribution in [0.25, 0.3) is 21.9 Å². The molecule has 1 atom stereocenters. The quantitative estimate of drug-likeness (QED) is 0.125. The number of unbranched alkanes of at least 4 members (excludes halogenated alkanes) is 1. The van der Waals surface area contributed by atoms with Crippen molar-refractivity contribution in [2.24, 2.45) is 5.90 Å². The fourth-order valence-electron chi connectivity index (χ4n) is 4.59. The molecule has 0 saturated carbocycles. The summed E-state index contributed by atoms with van der Waals surface area (Å²) in [7, 11) is 0. The maximum absolute atomic E-state index is 14.6. The van der Waals surface area contributed by atoms with Crippen molar-refractivity contribution in [2.45, 2.75) is 45.7 Å². The first-order valence-corrected chi connectivity index (χ1v) is 13.4. The Morgan fingerprint density at radius 3 is 2.50 bits per heavy atom. The van der Waals surface area contributed by atoms with E-state index in [-0.39, 0.29) is 12.1 Å². The third-order valence-corrected chi connectivity index (χ3v) is 6.64. The second-order valence-corrected chi connectivity index (χ2v) is 9.61. The number of aromatic nitrogens is 3. The molecule has 0 aliphatic rings. The Labute approximate surface area is 239 Å². The molecule has 3 amide bonds. The number of hydrogen-bond acceptors (Lipinski definition) is 8. The van der Waals surface area contributed by atoms with Crippen LogP contribution in [0, 0.1) is 11.6 Å². The number of benzene rings is 2. The molecule has 2 aromatic heterocycles. The summed E-state index contributed by atoms with van der Waals surface area (Å²) in [6.45, 7) is 3.72. The first kappa shape index (κ1) is 30.3. The molecular formula is C28H32F2N8O4. The number of nitrogens with two attached hydrogens (primary N) is 2. The number of carbonyl (C=O) groups is 3. The second-order valence-electron chi connectivity index (χ2n) is 9.61. The van der Waals surface area contributed by atoms with Crippen LogP contribution in [0.5, 0.6) is 0 Å². The second kappa shape index (κ2) is 13.3. The summed E-state index contributed by atoms with van der Waals surface area (Å²) in [6, 6.07) is 8.24. The van der Waals surface area contributed by atoms with E-state index in [0.717, 1.165) is 34.4 Å². The van der Waals surface area contributed by atoms with Crippen molar-refractivity contribution in [3.05, 3.63) is 59.4 Å². The van der Waals surface area contributed by atoms with Crippen LogP contribution in [0.2, 0.25) is 0 Å². The molecule has 14 heteroatoms. The van der Waals surface area contributed by atoms with Crippen molar-refractivity contribution in [1.82, 2.24) is 25.2 Å². The lowest BCUT2D eigenvalue weighted by Gasteiger charge is -2.15. The number of anilines is 2. The molecule has 4 aromatic rings. The number of halogens is 2. The van der Waals surface area contributed by atoms with Gasteiger partial charge in [0, 0.05) is 30.5 Å². The maximum Gasteiger partial charge on any atom is 0.251 e. The average molecular weight is 583 g/mol. The van der Waals surface area contributed by atoms with Gasteiger partial charge in [0.2, 0.25) is 11.8 Å². The molecule has 12 nitrogen and oxygen atoms in total. The van der Waals surface area contributed by atoms with Gasteiger partial charge < -0.3 is 26.3 Å². The molecule has 0 radical (unpaired) electrons. The number of rotatable bonds is 12. The zero-order valence-electron chi connectivity index (χ0n) is 23.2. The fourth-order valence-corrected chi connectivity index (χ4v) is 4.59. The minimum absolute atomic E-state index is 0.243. The van der Waals surface area contributed by atoms with Crippen molar-refractivity contribution in [3.8, 4) is 0 Å². The predicted octanol–water partition coefficient (Wildman–Crippen LogP) is 2.55. The van der Waals surface area contributed by atoms with Crippen molar-refractivity contribution >= 4 is 51.2 Å². The van der Waals surface area contributed by atoms with Gasteiger partial charge in [-0.3, -0.25) is 19.2 Å². The van der Waals surface area contributed by atoms with E-state index in [0.29, 0.717) is 37.1 Å². The van der Waals surface area contributed by atoms with Crippen molar-refractivity contribution < 1.29 is 28.0 Å². The number of nitrogen functional groups attached to an aromatic ring is 1. The molecule has 2 heterocycles. The number of amides is 3. The molecule has 42 heavy (non-hydrogen) atoms. The smallest absolute Gasteiger partial charge is 0.251 e. The lowest BCUT2D eigenvalue weighted by atomic mass is 10.1. The number of hydrogen-bond donors (Lipinski definition) is 5. The highest BCUT2D eigenvalue weighted by Gasteiger charge is 2.21. The van der Waals surface area contributed by atoms with Crippen LogP contribution >= 0.6 is 0 Å². The van der Waals surface area contributed by atoms with Gasteiger partial charge in [-0.15, -0.1) is 0 Å². The number of imidazole rings is 1. The molecule has 0 aliphatic heterocycles. The molecule has 222 valence electrons. The zero-order valence-corrected chi connectivity index (χ0v) is 23.2. The van der Waals surface area contributed by atoms with Gasteiger partial charge in [-0.25, -0.2) is 24.6 Å². The summed E-state index contributed by atoms with van der Waals surface area (Å²) in [4.78, 5) is 49.6. The van der Waals surface area contributed by atoms with Gasteiger partial charge in [0.1, 0.15) is 29.7 Å². The number of para-hydroxylation sites is 1. The van der Waals surface area contributed by atoms with E-state index in [1.807, 2.05) is 31.2 Å². The third-order valence-electron chi connectivity index (χ3n) is 6.64. The standard InChI is InChI=1S/C28H32F2N8O4/c1-3-21-36-24-25(17-8-4-5-9-20(17)35-26(24)31)38(21)11-7-6-10-33-28(41)16-12-18(29)23(19(30)13-16)37-27(40)15(2)34-22(39)14-42-32/h4-5,8-9,12-13,15H,3,6-7,10-11,14,32H2,1-2H3,(H2,31,35)(H,33,41)(H,34,39)(H,37,40)/t15-/m0/s1. The van der Waals surface area contributed by atoms with E-state index < -0.39 is 47.7 Å².